The SMILES string of the molecule is CCCC(=O)C1=C(O)C(C(=O)OC)C(C)(C)CC1=Nc1ccc(C)c(C)c1. The van der Waals surface area contributed by atoms with Crippen LogP contribution in [0.25, 0.3) is 0 Å². The number of methoxy groups -OCH3 is 1. The van der Waals surface area contributed by atoms with Crippen molar-refractivity contribution >= 4 is 23.2 Å². The molecule has 0 radical (unpaired) electrons. The summed E-state index contributed by atoms with van der Waals surface area (Å²) in [6.07, 6.45) is 1.34. The third-order valence-electron chi connectivity index (χ3n) is 5.17. The Morgan fingerprint density at radius 1 is 1.26 bits per heavy atom. The minimum Gasteiger partial charge on any atom is -0.511 e. The Labute approximate surface area is 161 Å². The average Bonchev–Trinajstić information content (AvgIpc) is 2.57. The van der Waals surface area contributed by atoms with Gasteiger partial charge in [-0.25, -0.2) is 0 Å². The van der Waals surface area contributed by atoms with Crippen LogP contribution in [0.5, 0.6) is 0 Å². The van der Waals surface area contributed by atoms with Crippen LogP contribution in [0.3, 0.4) is 0 Å². The molecule has 146 valence electrons. The van der Waals surface area contributed by atoms with Crippen LogP contribution in [0.2, 0.25) is 0 Å². The predicted octanol–water partition coefficient (Wildman–Crippen LogP) is 4.78. The van der Waals surface area contributed by atoms with Gasteiger partial charge in [-0.15, -0.1) is 0 Å². The van der Waals surface area contributed by atoms with Gasteiger partial charge < -0.3 is 9.84 Å². The van der Waals surface area contributed by atoms with E-state index in [0.29, 0.717) is 25.0 Å². The van der Waals surface area contributed by atoms with Gasteiger partial charge in [-0.2, -0.15) is 0 Å². The minimum atomic E-state index is -0.878. The van der Waals surface area contributed by atoms with Crippen molar-refractivity contribution in [1.82, 2.24) is 0 Å². The molecule has 1 atom stereocenters. The number of esters is 1. The fourth-order valence-electron chi connectivity index (χ4n) is 3.54. The standard InChI is InChI=1S/C22H29NO4/c1-7-8-17(24)18-16(23-15-10-9-13(2)14(3)11-15)12-22(4,5)19(20(18)25)21(26)27-6/h9-11,19,25H,7-8,12H2,1-6H3. The first kappa shape index (κ1) is 20.9. The number of aliphatic hydroxyl groups is 1. The molecule has 1 aromatic carbocycles. The number of carbonyl (C=O) groups is 2. The molecule has 0 aliphatic heterocycles. The number of ether oxygens (including phenoxy) is 1. The van der Waals surface area contributed by atoms with Crippen LogP contribution in [0.4, 0.5) is 5.69 Å². The van der Waals surface area contributed by atoms with Crippen molar-refractivity contribution in [3.8, 4) is 0 Å². The first-order valence-corrected chi connectivity index (χ1v) is 9.31. The number of rotatable bonds is 5. The van der Waals surface area contributed by atoms with E-state index in [0.717, 1.165) is 16.8 Å². The quantitative estimate of drug-likeness (QED) is 0.756. The second-order valence-electron chi connectivity index (χ2n) is 7.88. The lowest BCUT2D eigenvalue weighted by molar-refractivity contribution is -0.149. The molecule has 1 N–H and O–H groups in total. The number of hydrogen-bond acceptors (Lipinski definition) is 5. The number of ketones is 1. The van der Waals surface area contributed by atoms with Gasteiger partial charge in [-0.1, -0.05) is 26.8 Å². The number of benzene rings is 1. The summed E-state index contributed by atoms with van der Waals surface area (Å²) in [5.74, 6) is -1.83. The molecule has 0 aromatic heterocycles. The van der Waals surface area contributed by atoms with E-state index in [1.54, 1.807) is 0 Å². The molecule has 5 heteroatoms. The summed E-state index contributed by atoms with van der Waals surface area (Å²) in [5, 5.41) is 10.9. The molecule has 1 aliphatic carbocycles. The summed E-state index contributed by atoms with van der Waals surface area (Å²) in [4.78, 5) is 29.7. The largest absolute Gasteiger partial charge is 0.511 e. The number of carbonyl (C=O) groups excluding carboxylic acids is 2. The predicted molar refractivity (Wildman–Crippen MR) is 106 cm³/mol. The Kier molecular flexibility index (Phi) is 6.24. The Balaban J connectivity index is 2.65. The second kappa shape index (κ2) is 8.07. The maximum absolute atomic E-state index is 12.7. The number of nitrogens with zero attached hydrogens (tertiary/aromatic N) is 1. The Hall–Kier alpha value is -2.43. The number of allylic oxidation sites excluding steroid dienone is 1. The van der Waals surface area contributed by atoms with Crippen LogP contribution in [-0.4, -0.2) is 29.7 Å². The molecule has 1 aromatic rings. The molecule has 1 aliphatic rings. The third-order valence-corrected chi connectivity index (χ3v) is 5.17. The maximum Gasteiger partial charge on any atom is 0.316 e. The van der Waals surface area contributed by atoms with Gasteiger partial charge in [0.25, 0.3) is 0 Å². The number of hydrogen-bond donors (Lipinski definition) is 1. The number of aliphatic hydroxyl groups excluding tert-OH is 1. The van der Waals surface area contributed by atoms with E-state index in [9.17, 15) is 14.7 Å². The summed E-state index contributed by atoms with van der Waals surface area (Å²) in [7, 11) is 1.29. The van der Waals surface area contributed by atoms with E-state index in [4.69, 9.17) is 9.73 Å². The third kappa shape index (κ3) is 4.29. The highest BCUT2D eigenvalue weighted by molar-refractivity contribution is 6.24. The second-order valence-corrected chi connectivity index (χ2v) is 7.88. The summed E-state index contributed by atoms with van der Waals surface area (Å²) in [6.45, 7) is 9.69. The van der Waals surface area contributed by atoms with Gasteiger partial charge in [0.2, 0.25) is 0 Å². The zero-order chi connectivity index (χ0) is 20.4. The molecular formula is C22H29NO4. The van der Waals surface area contributed by atoms with Crippen molar-refractivity contribution in [3.05, 3.63) is 40.7 Å². The molecule has 27 heavy (non-hydrogen) atoms. The molecule has 0 amide bonds. The Morgan fingerprint density at radius 2 is 1.93 bits per heavy atom. The van der Waals surface area contributed by atoms with E-state index >= 15 is 0 Å². The van der Waals surface area contributed by atoms with Crippen LogP contribution in [0.15, 0.2) is 34.5 Å². The fourth-order valence-corrected chi connectivity index (χ4v) is 3.54. The van der Waals surface area contributed by atoms with E-state index in [1.807, 2.05) is 52.8 Å². The lowest BCUT2D eigenvalue weighted by Gasteiger charge is -2.37. The highest BCUT2D eigenvalue weighted by atomic mass is 16.5. The van der Waals surface area contributed by atoms with Gasteiger partial charge in [-0.3, -0.25) is 14.6 Å². The number of aliphatic imine (C=N–C) groups is 1. The van der Waals surface area contributed by atoms with Crippen molar-refractivity contribution in [1.29, 1.82) is 0 Å². The molecule has 2 rings (SSSR count). The highest BCUT2D eigenvalue weighted by Crippen LogP contribution is 2.43. The summed E-state index contributed by atoms with van der Waals surface area (Å²) in [6, 6.07) is 5.84. The van der Waals surface area contributed by atoms with Crippen molar-refractivity contribution in [2.75, 3.05) is 7.11 Å². The molecular weight excluding hydrogens is 342 g/mol. The minimum absolute atomic E-state index is 0.171. The normalized spacial score (nSPS) is 20.7. The number of Topliss-reactive ketones (excluding diaryl/α,β-unsaturated/α-hetero) is 1. The first-order chi connectivity index (χ1) is 12.6. The Bertz CT molecular complexity index is 818. The number of aryl methyl sites for hydroxylation is 2. The van der Waals surface area contributed by atoms with Gasteiger partial charge in [0, 0.05) is 6.42 Å². The van der Waals surface area contributed by atoms with Crippen LogP contribution in [-0.2, 0) is 14.3 Å². The maximum atomic E-state index is 12.7. The Morgan fingerprint density at radius 3 is 2.48 bits per heavy atom. The van der Waals surface area contributed by atoms with Crippen molar-refractivity contribution in [2.45, 2.75) is 53.9 Å². The first-order valence-electron chi connectivity index (χ1n) is 9.31. The molecule has 0 saturated carbocycles. The van der Waals surface area contributed by atoms with E-state index in [-0.39, 0.29) is 17.1 Å². The average molecular weight is 371 g/mol. The monoisotopic (exact) mass is 371 g/mol. The van der Waals surface area contributed by atoms with Crippen molar-refractivity contribution in [2.24, 2.45) is 16.3 Å². The molecule has 0 heterocycles. The molecule has 1 unspecified atom stereocenters. The zero-order valence-electron chi connectivity index (χ0n) is 17.0. The lowest BCUT2D eigenvalue weighted by atomic mass is 9.67. The van der Waals surface area contributed by atoms with Crippen molar-refractivity contribution < 1.29 is 19.4 Å². The topological polar surface area (TPSA) is 76.0 Å². The van der Waals surface area contributed by atoms with Gasteiger partial charge in [0.05, 0.1) is 24.1 Å². The van der Waals surface area contributed by atoms with E-state index < -0.39 is 17.3 Å². The molecule has 0 spiro atoms. The van der Waals surface area contributed by atoms with Crippen molar-refractivity contribution in [3.63, 3.8) is 0 Å². The van der Waals surface area contributed by atoms with Gasteiger partial charge in [0.15, 0.2) is 5.78 Å². The summed E-state index contributed by atoms with van der Waals surface area (Å²) >= 11 is 0. The van der Waals surface area contributed by atoms with E-state index in [1.165, 1.54) is 7.11 Å². The molecule has 0 fully saturated rings. The van der Waals surface area contributed by atoms with Crippen LogP contribution >= 0.6 is 0 Å². The summed E-state index contributed by atoms with van der Waals surface area (Å²) in [5.41, 5.74) is 3.08. The highest BCUT2D eigenvalue weighted by Gasteiger charge is 2.47. The molecule has 0 bridgehead atoms. The van der Waals surface area contributed by atoms with Gasteiger partial charge in [0.1, 0.15) is 11.7 Å². The van der Waals surface area contributed by atoms with Crippen LogP contribution in [0, 0.1) is 25.2 Å². The smallest absolute Gasteiger partial charge is 0.316 e. The van der Waals surface area contributed by atoms with E-state index in [2.05, 4.69) is 0 Å². The fraction of sp³-hybridized carbons (Fsp3) is 0.500. The van der Waals surface area contributed by atoms with Crippen LogP contribution in [0.1, 0.15) is 51.2 Å². The van der Waals surface area contributed by atoms with Gasteiger partial charge >= 0.3 is 5.97 Å². The molecule has 0 saturated heterocycles. The summed E-state index contributed by atoms with van der Waals surface area (Å²) < 4.78 is 4.88. The van der Waals surface area contributed by atoms with Gasteiger partial charge in [-0.05, 0) is 55.4 Å². The molecule has 5 nitrogen and oxygen atoms in total. The van der Waals surface area contributed by atoms with Crippen LogP contribution < -0.4 is 0 Å². The lowest BCUT2D eigenvalue weighted by Crippen LogP contribution is -2.41. The zero-order valence-corrected chi connectivity index (χ0v) is 17.0.